The van der Waals surface area contributed by atoms with Crippen molar-refractivity contribution in [2.45, 2.75) is 0 Å². The van der Waals surface area contributed by atoms with Crippen molar-refractivity contribution in [3.8, 4) is 17.2 Å². The fourth-order valence-electron chi connectivity index (χ4n) is 3.47. The van der Waals surface area contributed by atoms with Crippen molar-refractivity contribution in [2.24, 2.45) is 0 Å². The Morgan fingerprint density at radius 2 is 1.64 bits per heavy atom. The zero-order chi connectivity index (χ0) is 25.3. The van der Waals surface area contributed by atoms with Crippen LogP contribution in [0.1, 0.15) is 11.1 Å². The Morgan fingerprint density at radius 3 is 2.42 bits per heavy atom. The number of nitrogens with one attached hydrogen (secondary N) is 2. The maximum absolute atomic E-state index is 12.9. The molecule has 1 aliphatic heterocycles. The average Bonchev–Trinajstić information content (AvgIpc) is 2.91. The van der Waals surface area contributed by atoms with Crippen LogP contribution in [0.5, 0.6) is 17.2 Å². The molecule has 3 amide bonds. The molecule has 0 aromatic heterocycles. The van der Waals surface area contributed by atoms with Crippen LogP contribution in [0.4, 0.5) is 10.5 Å². The summed E-state index contributed by atoms with van der Waals surface area (Å²) >= 11 is 0. The van der Waals surface area contributed by atoms with Crippen molar-refractivity contribution >= 4 is 35.2 Å². The number of imide groups is 1. The predicted molar refractivity (Wildman–Crippen MR) is 133 cm³/mol. The van der Waals surface area contributed by atoms with Gasteiger partial charge in [0.25, 0.3) is 5.91 Å². The van der Waals surface area contributed by atoms with Gasteiger partial charge in [-0.15, -0.1) is 0 Å². The van der Waals surface area contributed by atoms with Gasteiger partial charge in [-0.2, -0.15) is 0 Å². The van der Waals surface area contributed by atoms with E-state index in [1.165, 1.54) is 7.11 Å². The number of ether oxygens (including phenoxy) is 4. The second kappa shape index (κ2) is 11.6. The van der Waals surface area contributed by atoms with Gasteiger partial charge in [-0.3, -0.25) is 10.1 Å². The first-order valence-corrected chi connectivity index (χ1v) is 11.1. The van der Waals surface area contributed by atoms with E-state index in [1.807, 2.05) is 18.2 Å². The molecular formula is C27H24N2O7. The van der Waals surface area contributed by atoms with Crippen LogP contribution in [0.3, 0.4) is 0 Å². The number of hydrogen-bond donors (Lipinski definition) is 2. The summed E-state index contributed by atoms with van der Waals surface area (Å²) in [6.45, 7) is 0.208. The van der Waals surface area contributed by atoms with Crippen LogP contribution in [0.25, 0.3) is 11.6 Å². The Labute approximate surface area is 207 Å². The van der Waals surface area contributed by atoms with Crippen LogP contribution in [0.2, 0.25) is 0 Å². The van der Waals surface area contributed by atoms with Crippen LogP contribution < -0.4 is 24.8 Å². The van der Waals surface area contributed by atoms with Gasteiger partial charge >= 0.3 is 12.0 Å². The van der Waals surface area contributed by atoms with Crippen LogP contribution in [0, 0.1) is 0 Å². The van der Waals surface area contributed by atoms with E-state index in [0.717, 1.165) is 0 Å². The molecule has 3 aromatic rings. The summed E-state index contributed by atoms with van der Waals surface area (Å²) in [5.74, 6) is 0.130. The summed E-state index contributed by atoms with van der Waals surface area (Å²) in [6, 6.07) is 20.2. The van der Waals surface area contributed by atoms with E-state index >= 15 is 0 Å². The lowest BCUT2D eigenvalue weighted by molar-refractivity contribution is -0.142. The summed E-state index contributed by atoms with van der Waals surface area (Å²) in [5, 5.41) is 4.67. The number of anilines is 1. The van der Waals surface area contributed by atoms with Gasteiger partial charge in [-0.25, -0.2) is 9.59 Å². The molecule has 0 bridgehead atoms. The molecule has 3 aromatic carbocycles. The molecule has 36 heavy (non-hydrogen) atoms. The first-order chi connectivity index (χ1) is 17.5. The van der Waals surface area contributed by atoms with Crippen LogP contribution in [-0.2, 0) is 14.3 Å². The Hall–Kier alpha value is -4.79. The molecule has 2 N–H and O–H groups in total. The van der Waals surface area contributed by atoms with Crippen molar-refractivity contribution in [3.05, 3.63) is 83.9 Å². The van der Waals surface area contributed by atoms with Gasteiger partial charge in [0, 0.05) is 17.3 Å². The average molecular weight is 488 g/mol. The zero-order valence-electron chi connectivity index (χ0n) is 19.5. The Bertz CT molecular complexity index is 1290. The van der Waals surface area contributed by atoms with E-state index < -0.39 is 24.5 Å². The maximum Gasteiger partial charge on any atom is 0.339 e. The van der Waals surface area contributed by atoms with Gasteiger partial charge in [-0.1, -0.05) is 48.5 Å². The third-order valence-corrected chi connectivity index (χ3v) is 5.13. The molecule has 0 saturated carbocycles. The Kier molecular flexibility index (Phi) is 7.82. The second-order valence-electron chi connectivity index (χ2n) is 7.60. The van der Waals surface area contributed by atoms with Crippen molar-refractivity contribution in [2.75, 3.05) is 32.2 Å². The van der Waals surface area contributed by atoms with Crippen molar-refractivity contribution in [1.29, 1.82) is 0 Å². The highest BCUT2D eigenvalue weighted by Gasteiger charge is 2.18. The standard InChI is InChI=1S/C27H24N2O7/c1-33-22-10-6-5-9-19(22)15-21(18-7-3-2-4-8-18)26(31)36-17-25(30)29-27(32)28-20-11-12-23-24(16-20)35-14-13-34-23/h2-12,15-16H,13-14,17H2,1H3,(H2,28,29,30,32)/b21-15+. The molecule has 0 saturated heterocycles. The van der Waals surface area contributed by atoms with Gasteiger partial charge in [-0.05, 0) is 29.8 Å². The number of esters is 1. The molecule has 9 heteroatoms. The summed E-state index contributed by atoms with van der Waals surface area (Å²) in [5.41, 5.74) is 1.91. The fraction of sp³-hybridized carbons (Fsp3) is 0.148. The lowest BCUT2D eigenvalue weighted by Crippen LogP contribution is -2.37. The summed E-state index contributed by atoms with van der Waals surface area (Å²) in [4.78, 5) is 37.4. The molecule has 0 unspecified atom stereocenters. The maximum atomic E-state index is 12.9. The molecule has 4 rings (SSSR count). The van der Waals surface area contributed by atoms with E-state index in [0.29, 0.717) is 47.3 Å². The molecule has 0 spiro atoms. The van der Waals surface area contributed by atoms with Crippen molar-refractivity contribution in [1.82, 2.24) is 5.32 Å². The quantitative estimate of drug-likeness (QED) is 0.295. The smallest absolute Gasteiger partial charge is 0.339 e. The van der Waals surface area contributed by atoms with Gasteiger partial charge in [0.2, 0.25) is 0 Å². The number of para-hydroxylation sites is 1. The molecule has 9 nitrogen and oxygen atoms in total. The normalized spacial score (nSPS) is 12.3. The number of carbonyl (C=O) groups excluding carboxylic acids is 3. The van der Waals surface area contributed by atoms with Crippen LogP contribution >= 0.6 is 0 Å². The third-order valence-electron chi connectivity index (χ3n) is 5.13. The number of urea groups is 1. The van der Waals surface area contributed by atoms with E-state index in [2.05, 4.69) is 10.6 Å². The van der Waals surface area contributed by atoms with Crippen LogP contribution in [0.15, 0.2) is 72.8 Å². The molecule has 0 aliphatic carbocycles. The summed E-state index contributed by atoms with van der Waals surface area (Å²) in [6.07, 6.45) is 1.63. The van der Waals surface area contributed by atoms with Crippen LogP contribution in [-0.4, -0.2) is 44.8 Å². The first kappa shape index (κ1) is 24.3. The van der Waals surface area contributed by atoms with E-state index in [1.54, 1.807) is 60.7 Å². The minimum absolute atomic E-state index is 0.230. The number of methoxy groups -OCH3 is 1. The molecule has 1 heterocycles. The van der Waals surface area contributed by atoms with Crippen molar-refractivity contribution < 1.29 is 33.3 Å². The number of carbonyl (C=O) groups is 3. The number of hydrogen-bond acceptors (Lipinski definition) is 7. The highest BCUT2D eigenvalue weighted by Crippen LogP contribution is 2.32. The predicted octanol–water partition coefficient (Wildman–Crippen LogP) is 3.90. The summed E-state index contributed by atoms with van der Waals surface area (Å²) in [7, 11) is 1.54. The summed E-state index contributed by atoms with van der Waals surface area (Å²) < 4.78 is 21.5. The SMILES string of the molecule is COc1ccccc1/C=C(/C(=O)OCC(=O)NC(=O)Nc1ccc2c(c1)OCCO2)c1ccccc1. The number of rotatable bonds is 7. The van der Waals surface area contributed by atoms with E-state index in [4.69, 9.17) is 18.9 Å². The molecule has 184 valence electrons. The molecule has 1 aliphatic rings. The minimum Gasteiger partial charge on any atom is -0.496 e. The van der Waals surface area contributed by atoms with Crippen molar-refractivity contribution in [3.63, 3.8) is 0 Å². The lowest BCUT2D eigenvalue weighted by Gasteiger charge is -2.19. The Morgan fingerprint density at radius 1 is 0.917 bits per heavy atom. The number of fused-ring (bicyclic) bond motifs is 1. The van der Waals surface area contributed by atoms with Gasteiger partial charge in [0.15, 0.2) is 18.1 Å². The third kappa shape index (κ3) is 6.20. The highest BCUT2D eigenvalue weighted by atomic mass is 16.6. The lowest BCUT2D eigenvalue weighted by atomic mass is 10.0. The largest absolute Gasteiger partial charge is 0.496 e. The van der Waals surface area contributed by atoms with Gasteiger partial charge < -0.3 is 24.3 Å². The second-order valence-corrected chi connectivity index (χ2v) is 7.60. The minimum atomic E-state index is -0.789. The first-order valence-electron chi connectivity index (χ1n) is 11.1. The molecule has 0 radical (unpaired) electrons. The number of benzene rings is 3. The van der Waals surface area contributed by atoms with E-state index in [9.17, 15) is 14.4 Å². The monoisotopic (exact) mass is 488 g/mol. The zero-order valence-corrected chi connectivity index (χ0v) is 19.5. The van der Waals surface area contributed by atoms with Gasteiger partial charge in [0.1, 0.15) is 19.0 Å². The molecule has 0 atom stereocenters. The fourth-order valence-corrected chi connectivity index (χ4v) is 3.47. The molecular weight excluding hydrogens is 464 g/mol. The highest BCUT2D eigenvalue weighted by molar-refractivity contribution is 6.22. The Balaban J connectivity index is 1.39. The van der Waals surface area contributed by atoms with Gasteiger partial charge in [0.05, 0.1) is 12.7 Å². The number of amides is 3. The van der Waals surface area contributed by atoms with E-state index in [-0.39, 0.29) is 5.57 Å². The molecule has 0 fully saturated rings. The topological polar surface area (TPSA) is 112 Å².